The van der Waals surface area contributed by atoms with Crippen LogP contribution in [-0.2, 0) is 12.7 Å². The van der Waals surface area contributed by atoms with Crippen LogP contribution >= 0.6 is 0 Å². The fourth-order valence-corrected chi connectivity index (χ4v) is 1.31. The predicted molar refractivity (Wildman–Crippen MR) is 50.0 cm³/mol. The van der Waals surface area contributed by atoms with Gasteiger partial charge in [-0.2, -0.15) is 0 Å². The van der Waals surface area contributed by atoms with E-state index in [1.165, 1.54) is 5.56 Å². The second kappa shape index (κ2) is 3.75. The highest BCUT2D eigenvalue weighted by atomic mass is 19.1. The molecule has 0 nitrogen and oxygen atoms in total. The second-order valence-electron chi connectivity index (χ2n) is 2.93. The van der Waals surface area contributed by atoms with E-state index < -0.39 is 0 Å². The first-order valence-electron chi connectivity index (χ1n) is 4.17. The normalized spacial score (nSPS) is 10.2. The first-order chi connectivity index (χ1) is 5.69. The van der Waals surface area contributed by atoms with E-state index in [4.69, 9.17) is 7.85 Å². The van der Waals surface area contributed by atoms with Crippen molar-refractivity contribution in [2.45, 2.75) is 26.6 Å². The largest absolute Gasteiger partial charge is 0.207 e. The van der Waals surface area contributed by atoms with E-state index in [0.717, 1.165) is 12.0 Å². The summed E-state index contributed by atoms with van der Waals surface area (Å²) in [5.41, 5.74) is 2.79. The average molecular weight is 162 g/mol. The fourth-order valence-electron chi connectivity index (χ4n) is 1.31. The Labute approximate surface area is 74.2 Å². The first kappa shape index (κ1) is 9.30. The maximum atomic E-state index is 13.1. The molecule has 1 rings (SSSR count). The van der Waals surface area contributed by atoms with Crippen LogP contribution in [0, 0.1) is 12.7 Å². The minimum absolute atomic E-state index is 0.188. The summed E-state index contributed by atoms with van der Waals surface area (Å²) in [6.45, 7) is 3.97. The quantitative estimate of drug-likeness (QED) is 0.585. The molecule has 2 heteroatoms. The van der Waals surface area contributed by atoms with E-state index in [9.17, 15) is 4.39 Å². The Hall–Kier alpha value is -0.785. The van der Waals surface area contributed by atoms with Gasteiger partial charge in [0.2, 0.25) is 0 Å². The maximum absolute atomic E-state index is 13.1. The summed E-state index contributed by atoms with van der Waals surface area (Å²) in [6, 6.07) is 3.41. The van der Waals surface area contributed by atoms with Gasteiger partial charge in [-0.15, -0.1) is 0 Å². The Kier molecular flexibility index (Phi) is 2.91. The van der Waals surface area contributed by atoms with Crippen molar-refractivity contribution in [3.8, 4) is 0 Å². The third-order valence-electron chi connectivity index (χ3n) is 2.11. The first-order valence-corrected chi connectivity index (χ1v) is 4.17. The standard InChI is InChI=1S/C10H12BF/c1-3-8-5-9(6-11)10(12)4-7(8)2/h4-5H,3,6H2,1-2H3. The molecule has 0 N–H and O–H groups in total. The van der Waals surface area contributed by atoms with Crippen molar-refractivity contribution in [2.24, 2.45) is 0 Å². The van der Waals surface area contributed by atoms with Crippen LogP contribution in [0.25, 0.3) is 0 Å². The van der Waals surface area contributed by atoms with Crippen molar-refractivity contribution in [3.05, 3.63) is 34.6 Å². The maximum Gasteiger partial charge on any atom is 0.125 e. The highest BCUT2D eigenvalue weighted by molar-refractivity contribution is 6.08. The molecular weight excluding hydrogens is 150 g/mol. The Balaban J connectivity index is 3.18. The molecule has 1 aromatic carbocycles. The Morgan fingerprint density at radius 1 is 1.33 bits per heavy atom. The second-order valence-corrected chi connectivity index (χ2v) is 2.93. The molecule has 0 saturated carbocycles. The fraction of sp³-hybridized carbons (Fsp3) is 0.400. The van der Waals surface area contributed by atoms with Gasteiger partial charge in [-0.25, -0.2) is 4.39 Å². The monoisotopic (exact) mass is 162 g/mol. The molecule has 1 aromatic rings. The minimum Gasteiger partial charge on any atom is -0.207 e. The van der Waals surface area contributed by atoms with Crippen molar-refractivity contribution < 1.29 is 4.39 Å². The molecule has 0 aliphatic carbocycles. The molecule has 0 aliphatic heterocycles. The molecule has 0 spiro atoms. The number of hydrogen-bond acceptors (Lipinski definition) is 0. The number of benzene rings is 1. The summed E-state index contributed by atoms with van der Waals surface area (Å²) in [5, 5.41) is 0. The Bertz CT molecular complexity index is 256. The summed E-state index contributed by atoms with van der Waals surface area (Å²) in [4.78, 5) is 0. The topological polar surface area (TPSA) is 0 Å². The number of aryl methyl sites for hydroxylation is 2. The van der Waals surface area contributed by atoms with Gasteiger partial charge >= 0.3 is 0 Å². The highest BCUT2D eigenvalue weighted by Gasteiger charge is 2.03. The predicted octanol–water partition coefficient (Wildman–Crippen LogP) is 2.37. The average Bonchev–Trinajstić information content (AvgIpc) is 2.05. The number of halogens is 1. The molecule has 0 aliphatic rings. The highest BCUT2D eigenvalue weighted by Crippen LogP contribution is 2.15. The van der Waals surface area contributed by atoms with Gasteiger partial charge in [0.1, 0.15) is 5.82 Å². The molecule has 0 aromatic heterocycles. The summed E-state index contributed by atoms with van der Waals surface area (Å²) in [6.07, 6.45) is 1.21. The van der Waals surface area contributed by atoms with Crippen LogP contribution in [0.2, 0.25) is 0 Å². The van der Waals surface area contributed by atoms with Crippen LogP contribution in [0.1, 0.15) is 23.6 Å². The smallest absolute Gasteiger partial charge is 0.125 e. The molecular formula is C10H12BF. The molecule has 62 valence electrons. The molecule has 0 amide bonds. The van der Waals surface area contributed by atoms with Crippen LogP contribution in [0.5, 0.6) is 0 Å². The van der Waals surface area contributed by atoms with Gasteiger partial charge in [0.15, 0.2) is 0 Å². The van der Waals surface area contributed by atoms with Gasteiger partial charge in [0, 0.05) is 0 Å². The Morgan fingerprint density at radius 2 is 2.00 bits per heavy atom. The van der Waals surface area contributed by atoms with Gasteiger partial charge in [-0.3, -0.25) is 0 Å². The summed E-state index contributed by atoms with van der Waals surface area (Å²) in [5.74, 6) is -0.188. The van der Waals surface area contributed by atoms with Crippen LogP contribution in [0.15, 0.2) is 12.1 Å². The summed E-state index contributed by atoms with van der Waals surface area (Å²) >= 11 is 0. The Morgan fingerprint density at radius 3 is 2.50 bits per heavy atom. The van der Waals surface area contributed by atoms with Crippen LogP contribution < -0.4 is 0 Å². The van der Waals surface area contributed by atoms with Crippen molar-refractivity contribution in [1.82, 2.24) is 0 Å². The number of hydrogen-bond donors (Lipinski definition) is 0. The van der Waals surface area contributed by atoms with Crippen molar-refractivity contribution in [2.75, 3.05) is 0 Å². The third kappa shape index (κ3) is 1.68. The van der Waals surface area contributed by atoms with Crippen molar-refractivity contribution in [1.29, 1.82) is 0 Å². The van der Waals surface area contributed by atoms with E-state index in [1.54, 1.807) is 6.07 Å². The van der Waals surface area contributed by atoms with Crippen molar-refractivity contribution >= 4 is 7.85 Å². The van der Waals surface area contributed by atoms with Crippen LogP contribution in [0.4, 0.5) is 4.39 Å². The van der Waals surface area contributed by atoms with E-state index >= 15 is 0 Å². The lowest BCUT2D eigenvalue weighted by Crippen LogP contribution is -1.95. The molecule has 0 bridgehead atoms. The number of rotatable bonds is 2. The molecule has 12 heavy (non-hydrogen) atoms. The van der Waals surface area contributed by atoms with Crippen LogP contribution in [-0.4, -0.2) is 7.85 Å². The van der Waals surface area contributed by atoms with Gasteiger partial charge in [0.25, 0.3) is 0 Å². The van der Waals surface area contributed by atoms with E-state index in [0.29, 0.717) is 5.56 Å². The zero-order valence-electron chi connectivity index (χ0n) is 7.52. The molecule has 0 heterocycles. The van der Waals surface area contributed by atoms with Crippen LogP contribution in [0.3, 0.4) is 0 Å². The molecule has 0 atom stereocenters. The molecule has 0 fully saturated rings. The zero-order valence-corrected chi connectivity index (χ0v) is 7.52. The molecule has 2 radical (unpaired) electrons. The van der Waals surface area contributed by atoms with E-state index in [-0.39, 0.29) is 12.1 Å². The van der Waals surface area contributed by atoms with Gasteiger partial charge < -0.3 is 0 Å². The molecule has 0 saturated heterocycles. The lowest BCUT2D eigenvalue weighted by molar-refractivity contribution is 0.614. The molecule has 0 unspecified atom stereocenters. The van der Waals surface area contributed by atoms with Crippen molar-refractivity contribution in [3.63, 3.8) is 0 Å². The van der Waals surface area contributed by atoms with Gasteiger partial charge in [0.05, 0.1) is 7.85 Å². The minimum atomic E-state index is -0.188. The zero-order chi connectivity index (χ0) is 9.14. The van der Waals surface area contributed by atoms with E-state index in [2.05, 4.69) is 6.92 Å². The summed E-state index contributed by atoms with van der Waals surface area (Å²) in [7, 11) is 5.38. The van der Waals surface area contributed by atoms with Gasteiger partial charge in [-0.1, -0.05) is 19.3 Å². The van der Waals surface area contributed by atoms with Gasteiger partial charge in [-0.05, 0) is 36.1 Å². The third-order valence-corrected chi connectivity index (χ3v) is 2.11. The lowest BCUT2D eigenvalue weighted by atomic mass is 9.93. The summed E-state index contributed by atoms with van der Waals surface area (Å²) < 4.78 is 13.1. The van der Waals surface area contributed by atoms with E-state index in [1.807, 2.05) is 13.0 Å². The SMILES string of the molecule is [B]Cc1cc(CC)c(C)cc1F. The lowest BCUT2D eigenvalue weighted by Gasteiger charge is -2.06.